The van der Waals surface area contributed by atoms with Crippen LogP contribution in [0.3, 0.4) is 0 Å². The number of hydrogen-bond donors (Lipinski definition) is 1. The van der Waals surface area contributed by atoms with E-state index < -0.39 is 10.0 Å². The zero-order chi connectivity index (χ0) is 14.8. The molecule has 0 aliphatic rings. The van der Waals surface area contributed by atoms with Crippen molar-refractivity contribution in [2.45, 2.75) is 11.4 Å². The summed E-state index contributed by atoms with van der Waals surface area (Å²) in [5.74, 6) is 0. The third-order valence-electron chi connectivity index (χ3n) is 2.91. The van der Waals surface area contributed by atoms with E-state index in [2.05, 4.69) is 15.9 Å². The topological polar surface area (TPSA) is 63.4 Å². The van der Waals surface area contributed by atoms with Crippen molar-refractivity contribution in [2.24, 2.45) is 0 Å². The van der Waals surface area contributed by atoms with E-state index in [1.807, 2.05) is 30.3 Å². The van der Waals surface area contributed by atoms with Crippen molar-refractivity contribution < 1.29 is 8.42 Å². The molecule has 0 radical (unpaired) electrons. The van der Waals surface area contributed by atoms with Crippen LogP contribution in [0.25, 0.3) is 0 Å². The van der Waals surface area contributed by atoms with Crippen molar-refractivity contribution in [3.63, 3.8) is 0 Å². The van der Waals surface area contributed by atoms with Crippen LogP contribution in [0.1, 0.15) is 5.56 Å². The number of sulfonamides is 1. The quantitative estimate of drug-likeness (QED) is 0.858. The highest BCUT2D eigenvalue weighted by molar-refractivity contribution is 9.10. The van der Waals surface area contributed by atoms with E-state index in [0.717, 1.165) is 5.56 Å². The summed E-state index contributed by atoms with van der Waals surface area (Å²) < 4.78 is 27.0. The Hall–Kier alpha value is -1.37. The van der Waals surface area contributed by atoms with Gasteiger partial charge in [0.2, 0.25) is 10.0 Å². The summed E-state index contributed by atoms with van der Waals surface area (Å²) in [6, 6.07) is 14.2. The van der Waals surface area contributed by atoms with Crippen molar-refractivity contribution in [3.05, 3.63) is 58.6 Å². The summed E-state index contributed by atoms with van der Waals surface area (Å²) in [5, 5.41) is 0. The highest BCUT2D eigenvalue weighted by Crippen LogP contribution is 2.26. The van der Waals surface area contributed by atoms with Gasteiger partial charge in [0.1, 0.15) is 4.90 Å². The molecule has 0 unspecified atom stereocenters. The number of halogens is 1. The van der Waals surface area contributed by atoms with Gasteiger partial charge in [0, 0.05) is 18.1 Å². The second-order valence-corrected chi connectivity index (χ2v) is 7.36. The Kier molecular flexibility index (Phi) is 4.47. The van der Waals surface area contributed by atoms with E-state index in [0.29, 0.717) is 11.0 Å². The maximum atomic E-state index is 12.5. The lowest BCUT2D eigenvalue weighted by atomic mass is 10.2. The van der Waals surface area contributed by atoms with Crippen LogP contribution in [0.2, 0.25) is 0 Å². The Balaban J connectivity index is 2.32. The molecule has 0 aliphatic carbocycles. The van der Waals surface area contributed by atoms with Gasteiger partial charge in [-0.25, -0.2) is 8.42 Å². The lowest BCUT2D eigenvalue weighted by Gasteiger charge is -2.18. The molecular formula is C14H15BrN2O2S. The standard InChI is InChI=1S/C14H15BrN2O2S/c1-17(10-11-5-3-2-4-6-11)20(18,19)14-9-12(15)7-8-13(14)16/h2-9H,10,16H2,1H3. The third-order valence-corrected chi connectivity index (χ3v) is 5.26. The average Bonchev–Trinajstić information content (AvgIpc) is 2.42. The normalized spacial score (nSPS) is 11.8. The van der Waals surface area contributed by atoms with Crippen LogP contribution in [0, 0.1) is 0 Å². The number of nitrogen functional groups attached to an aromatic ring is 1. The Bertz CT molecular complexity index is 702. The van der Waals surface area contributed by atoms with E-state index in [1.165, 1.54) is 10.4 Å². The van der Waals surface area contributed by atoms with Gasteiger partial charge in [-0.15, -0.1) is 0 Å². The molecular weight excluding hydrogens is 340 g/mol. The minimum Gasteiger partial charge on any atom is -0.398 e. The summed E-state index contributed by atoms with van der Waals surface area (Å²) in [6.45, 7) is 0.301. The predicted octanol–water partition coefficient (Wildman–Crippen LogP) is 2.85. The first-order valence-corrected chi connectivity index (χ1v) is 8.20. The van der Waals surface area contributed by atoms with Gasteiger partial charge in [-0.3, -0.25) is 0 Å². The number of nitrogens with two attached hydrogens (primary N) is 1. The Morgan fingerprint density at radius 2 is 1.80 bits per heavy atom. The fourth-order valence-electron chi connectivity index (χ4n) is 1.82. The lowest BCUT2D eigenvalue weighted by molar-refractivity contribution is 0.467. The first-order chi connectivity index (χ1) is 9.41. The van der Waals surface area contributed by atoms with Crippen LogP contribution in [0.4, 0.5) is 5.69 Å². The second-order valence-electron chi connectivity index (χ2n) is 4.43. The van der Waals surface area contributed by atoms with E-state index in [9.17, 15) is 8.42 Å². The van der Waals surface area contributed by atoms with Gasteiger partial charge < -0.3 is 5.73 Å². The van der Waals surface area contributed by atoms with Gasteiger partial charge in [0.25, 0.3) is 0 Å². The molecule has 0 heterocycles. The van der Waals surface area contributed by atoms with Crippen LogP contribution in [0.5, 0.6) is 0 Å². The molecule has 2 aromatic rings. The molecule has 0 fully saturated rings. The third kappa shape index (κ3) is 3.20. The highest BCUT2D eigenvalue weighted by Gasteiger charge is 2.23. The molecule has 0 saturated carbocycles. The average molecular weight is 355 g/mol. The fourth-order valence-corrected chi connectivity index (χ4v) is 3.63. The highest BCUT2D eigenvalue weighted by atomic mass is 79.9. The van der Waals surface area contributed by atoms with Crippen LogP contribution in [0.15, 0.2) is 57.9 Å². The molecule has 6 heteroatoms. The largest absolute Gasteiger partial charge is 0.398 e. The molecule has 20 heavy (non-hydrogen) atoms. The van der Waals surface area contributed by atoms with Gasteiger partial charge >= 0.3 is 0 Å². The second kappa shape index (κ2) is 5.95. The van der Waals surface area contributed by atoms with Crippen LogP contribution >= 0.6 is 15.9 Å². The minimum atomic E-state index is -3.61. The van der Waals surface area contributed by atoms with Crippen molar-refractivity contribution in [2.75, 3.05) is 12.8 Å². The van der Waals surface area contributed by atoms with Crippen LogP contribution in [-0.4, -0.2) is 19.8 Å². The van der Waals surface area contributed by atoms with Crippen molar-refractivity contribution in [3.8, 4) is 0 Å². The monoisotopic (exact) mass is 354 g/mol. The molecule has 2 rings (SSSR count). The SMILES string of the molecule is CN(Cc1ccccc1)S(=O)(=O)c1cc(Br)ccc1N. The van der Waals surface area contributed by atoms with Crippen LogP contribution in [-0.2, 0) is 16.6 Å². The first-order valence-electron chi connectivity index (χ1n) is 5.96. The van der Waals surface area contributed by atoms with Crippen molar-refractivity contribution >= 4 is 31.6 Å². The zero-order valence-corrected chi connectivity index (χ0v) is 13.4. The molecule has 0 spiro atoms. The molecule has 0 atom stereocenters. The Morgan fingerprint density at radius 3 is 2.45 bits per heavy atom. The zero-order valence-electron chi connectivity index (χ0n) is 11.0. The van der Waals surface area contributed by atoms with Gasteiger partial charge in [-0.05, 0) is 23.8 Å². The van der Waals surface area contributed by atoms with E-state index in [-0.39, 0.29) is 10.6 Å². The van der Waals surface area contributed by atoms with Gasteiger partial charge in [0.05, 0.1) is 5.69 Å². The van der Waals surface area contributed by atoms with Crippen LogP contribution < -0.4 is 5.73 Å². The Morgan fingerprint density at radius 1 is 1.15 bits per heavy atom. The van der Waals surface area contributed by atoms with E-state index in [1.54, 1.807) is 19.2 Å². The molecule has 0 aromatic heterocycles. The summed E-state index contributed by atoms with van der Waals surface area (Å²) in [7, 11) is -2.07. The van der Waals surface area contributed by atoms with Gasteiger partial charge in [-0.1, -0.05) is 46.3 Å². The maximum absolute atomic E-state index is 12.5. The number of anilines is 1. The first kappa shape index (κ1) is 15.0. The molecule has 0 amide bonds. The fraction of sp³-hybridized carbons (Fsp3) is 0.143. The molecule has 2 N–H and O–H groups in total. The maximum Gasteiger partial charge on any atom is 0.245 e. The number of rotatable bonds is 4. The van der Waals surface area contributed by atoms with Crippen molar-refractivity contribution in [1.29, 1.82) is 0 Å². The van der Waals surface area contributed by atoms with Gasteiger partial charge in [0.15, 0.2) is 0 Å². The molecule has 2 aromatic carbocycles. The number of benzene rings is 2. The molecule has 0 aliphatic heterocycles. The van der Waals surface area contributed by atoms with Crippen molar-refractivity contribution in [1.82, 2.24) is 4.31 Å². The molecule has 0 bridgehead atoms. The molecule has 0 saturated heterocycles. The Labute approximate surface area is 127 Å². The van der Waals surface area contributed by atoms with E-state index in [4.69, 9.17) is 5.73 Å². The summed E-state index contributed by atoms with van der Waals surface area (Å²) in [4.78, 5) is 0.116. The number of nitrogens with zero attached hydrogens (tertiary/aromatic N) is 1. The predicted molar refractivity (Wildman–Crippen MR) is 83.6 cm³/mol. The molecule has 4 nitrogen and oxygen atoms in total. The lowest BCUT2D eigenvalue weighted by Crippen LogP contribution is -2.27. The van der Waals surface area contributed by atoms with Gasteiger partial charge in [-0.2, -0.15) is 4.31 Å². The summed E-state index contributed by atoms with van der Waals surface area (Å²) >= 11 is 3.27. The van der Waals surface area contributed by atoms with E-state index >= 15 is 0 Å². The molecule has 106 valence electrons. The summed E-state index contributed by atoms with van der Waals surface area (Å²) in [5.41, 5.74) is 6.95. The smallest absolute Gasteiger partial charge is 0.245 e. The minimum absolute atomic E-state index is 0.116. The number of hydrogen-bond acceptors (Lipinski definition) is 3. The summed E-state index contributed by atoms with van der Waals surface area (Å²) in [6.07, 6.45) is 0.